The Morgan fingerprint density at radius 3 is 2.17 bits per heavy atom. The second-order valence-corrected chi connectivity index (χ2v) is 5.94. The third-order valence-electron chi connectivity index (χ3n) is 2.87. The SMILES string of the molecule is O=C1O[SiH](c2ccccc2)OC1c1ccccc1. The van der Waals surface area contributed by atoms with Crippen molar-refractivity contribution in [3.8, 4) is 0 Å². The monoisotopic (exact) mass is 256 g/mol. The van der Waals surface area contributed by atoms with Crippen LogP contribution in [0.3, 0.4) is 0 Å². The van der Waals surface area contributed by atoms with Crippen molar-refractivity contribution < 1.29 is 13.6 Å². The second-order valence-electron chi connectivity index (χ2n) is 4.11. The zero-order chi connectivity index (χ0) is 12.4. The quantitative estimate of drug-likeness (QED) is 0.763. The van der Waals surface area contributed by atoms with Gasteiger partial charge in [-0.05, 0) is 5.56 Å². The molecule has 1 saturated heterocycles. The number of carbonyl (C=O) groups excluding carboxylic acids is 1. The molecule has 1 heterocycles. The minimum atomic E-state index is -2.07. The summed E-state index contributed by atoms with van der Waals surface area (Å²) in [6.07, 6.45) is -0.567. The highest BCUT2D eigenvalue weighted by atomic mass is 28.3. The Bertz CT molecular complexity index is 541. The lowest BCUT2D eigenvalue weighted by atomic mass is 10.1. The number of hydrogen-bond donors (Lipinski definition) is 0. The summed E-state index contributed by atoms with van der Waals surface area (Å²) in [5.41, 5.74) is 0.855. The van der Waals surface area contributed by atoms with Crippen molar-refractivity contribution in [1.82, 2.24) is 0 Å². The lowest BCUT2D eigenvalue weighted by Crippen LogP contribution is -2.31. The number of hydrogen-bond acceptors (Lipinski definition) is 3. The zero-order valence-corrected chi connectivity index (χ0v) is 10.8. The van der Waals surface area contributed by atoms with Gasteiger partial charge in [-0.2, -0.15) is 0 Å². The Labute approximate surface area is 107 Å². The number of carbonyl (C=O) groups is 1. The van der Waals surface area contributed by atoms with Crippen molar-refractivity contribution in [3.05, 3.63) is 66.2 Å². The predicted octanol–water partition coefficient (Wildman–Crippen LogP) is 1.43. The Balaban J connectivity index is 1.83. The molecule has 3 nitrogen and oxygen atoms in total. The molecule has 18 heavy (non-hydrogen) atoms. The molecule has 0 spiro atoms. The van der Waals surface area contributed by atoms with Crippen LogP contribution in [0.25, 0.3) is 0 Å². The maximum absolute atomic E-state index is 11.8. The molecule has 4 heteroatoms. The van der Waals surface area contributed by atoms with Gasteiger partial charge in [0.15, 0.2) is 6.10 Å². The molecule has 0 radical (unpaired) electrons. The lowest BCUT2D eigenvalue weighted by Gasteiger charge is -2.07. The van der Waals surface area contributed by atoms with Gasteiger partial charge in [-0.1, -0.05) is 60.7 Å². The van der Waals surface area contributed by atoms with Gasteiger partial charge >= 0.3 is 15.3 Å². The fraction of sp³-hybridized carbons (Fsp3) is 0.0714. The van der Waals surface area contributed by atoms with Crippen molar-refractivity contribution in [2.24, 2.45) is 0 Å². The highest BCUT2D eigenvalue weighted by molar-refractivity contribution is 6.64. The van der Waals surface area contributed by atoms with E-state index in [-0.39, 0.29) is 5.97 Å². The molecule has 0 N–H and O–H groups in total. The van der Waals surface area contributed by atoms with E-state index in [1.54, 1.807) is 0 Å². The molecular weight excluding hydrogens is 244 g/mol. The number of rotatable bonds is 2. The molecule has 1 aliphatic rings. The molecule has 2 aromatic rings. The first-order valence-corrected chi connectivity index (χ1v) is 7.32. The van der Waals surface area contributed by atoms with Gasteiger partial charge in [0, 0.05) is 5.19 Å². The maximum Gasteiger partial charge on any atom is 0.420 e. The molecule has 2 atom stereocenters. The van der Waals surface area contributed by atoms with Crippen LogP contribution in [-0.4, -0.2) is 15.3 Å². The summed E-state index contributed by atoms with van der Waals surface area (Å²) in [6, 6.07) is 19.1. The first-order chi connectivity index (χ1) is 8.84. The van der Waals surface area contributed by atoms with Crippen LogP contribution in [0.15, 0.2) is 60.7 Å². The van der Waals surface area contributed by atoms with Crippen LogP contribution >= 0.6 is 0 Å². The Kier molecular flexibility index (Phi) is 2.96. The van der Waals surface area contributed by atoms with E-state index in [0.29, 0.717) is 0 Å². The highest BCUT2D eigenvalue weighted by Gasteiger charge is 2.38. The van der Waals surface area contributed by atoms with Gasteiger partial charge in [-0.3, -0.25) is 4.79 Å². The topological polar surface area (TPSA) is 35.5 Å². The fourth-order valence-electron chi connectivity index (χ4n) is 1.97. The van der Waals surface area contributed by atoms with Gasteiger partial charge in [0.05, 0.1) is 0 Å². The summed E-state index contributed by atoms with van der Waals surface area (Å²) >= 11 is 0. The van der Waals surface area contributed by atoms with E-state index in [1.165, 1.54) is 0 Å². The molecule has 90 valence electrons. The van der Waals surface area contributed by atoms with Crippen molar-refractivity contribution in [1.29, 1.82) is 0 Å². The van der Waals surface area contributed by atoms with E-state index < -0.39 is 15.4 Å². The van der Waals surface area contributed by atoms with E-state index in [2.05, 4.69) is 0 Å². The average Bonchev–Trinajstić information content (AvgIpc) is 2.83. The van der Waals surface area contributed by atoms with E-state index in [1.807, 2.05) is 60.7 Å². The van der Waals surface area contributed by atoms with Crippen LogP contribution < -0.4 is 5.19 Å². The minimum Gasteiger partial charge on any atom is -0.491 e. The first kappa shape index (κ1) is 11.2. The van der Waals surface area contributed by atoms with E-state index in [0.717, 1.165) is 10.8 Å². The molecular formula is C14H12O3Si. The molecule has 2 aromatic carbocycles. The van der Waals surface area contributed by atoms with E-state index in [4.69, 9.17) is 8.85 Å². The zero-order valence-electron chi connectivity index (χ0n) is 9.65. The van der Waals surface area contributed by atoms with Crippen LogP contribution in [0.5, 0.6) is 0 Å². The Hall–Kier alpha value is -1.91. The van der Waals surface area contributed by atoms with Crippen molar-refractivity contribution in [2.75, 3.05) is 0 Å². The van der Waals surface area contributed by atoms with Gasteiger partial charge in [0.2, 0.25) is 0 Å². The van der Waals surface area contributed by atoms with E-state index >= 15 is 0 Å². The van der Waals surface area contributed by atoms with Gasteiger partial charge in [-0.15, -0.1) is 0 Å². The highest BCUT2D eigenvalue weighted by Crippen LogP contribution is 2.25. The summed E-state index contributed by atoms with van der Waals surface area (Å²) in [7, 11) is -2.07. The van der Waals surface area contributed by atoms with Crippen molar-refractivity contribution in [3.63, 3.8) is 0 Å². The fourth-order valence-corrected chi connectivity index (χ4v) is 3.71. The molecule has 2 unspecified atom stereocenters. The summed E-state index contributed by atoms with van der Waals surface area (Å²) in [4.78, 5) is 11.8. The lowest BCUT2D eigenvalue weighted by molar-refractivity contribution is -0.136. The third kappa shape index (κ3) is 2.08. The number of benzene rings is 2. The smallest absolute Gasteiger partial charge is 0.420 e. The summed E-state index contributed by atoms with van der Waals surface area (Å²) in [5.74, 6) is -0.276. The molecule has 0 amide bonds. The summed E-state index contributed by atoms with van der Waals surface area (Å²) < 4.78 is 11.2. The molecule has 1 aliphatic heterocycles. The summed E-state index contributed by atoms with van der Waals surface area (Å²) in [6.45, 7) is 0. The van der Waals surface area contributed by atoms with Crippen LogP contribution in [0, 0.1) is 0 Å². The molecule has 0 saturated carbocycles. The van der Waals surface area contributed by atoms with Gasteiger partial charge in [-0.25, -0.2) is 0 Å². The largest absolute Gasteiger partial charge is 0.491 e. The van der Waals surface area contributed by atoms with Crippen LogP contribution in [-0.2, 0) is 13.6 Å². The Morgan fingerprint density at radius 1 is 0.889 bits per heavy atom. The summed E-state index contributed by atoms with van der Waals surface area (Å²) in [5, 5.41) is 0.990. The third-order valence-corrected chi connectivity index (χ3v) is 4.77. The second kappa shape index (κ2) is 4.76. The maximum atomic E-state index is 11.8. The van der Waals surface area contributed by atoms with Gasteiger partial charge in [0.25, 0.3) is 0 Å². The van der Waals surface area contributed by atoms with Gasteiger partial charge in [0.1, 0.15) is 0 Å². The molecule has 0 aliphatic carbocycles. The van der Waals surface area contributed by atoms with Crippen LogP contribution in [0.4, 0.5) is 0 Å². The van der Waals surface area contributed by atoms with Crippen molar-refractivity contribution in [2.45, 2.75) is 6.10 Å². The minimum absolute atomic E-state index is 0.276. The molecule has 3 rings (SSSR count). The first-order valence-electron chi connectivity index (χ1n) is 5.80. The predicted molar refractivity (Wildman–Crippen MR) is 69.6 cm³/mol. The average molecular weight is 256 g/mol. The Morgan fingerprint density at radius 2 is 1.50 bits per heavy atom. The molecule has 0 bridgehead atoms. The van der Waals surface area contributed by atoms with Gasteiger partial charge < -0.3 is 8.85 Å². The standard InChI is InChI=1S/C14H12O3Si/c15-14-13(11-7-3-1-4-8-11)16-18(17-14)12-9-5-2-6-10-12/h1-10,13,18H. The normalized spacial score (nSPS) is 22.8. The molecule has 0 aromatic heterocycles. The van der Waals surface area contributed by atoms with Crippen molar-refractivity contribution >= 4 is 20.4 Å². The van der Waals surface area contributed by atoms with Crippen LogP contribution in [0.2, 0.25) is 0 Å². The molecule has 1 fully saturated rings. The van der Waals surface area contributed by atoms with Crippen LogP contribution in [0.1, 0.15) is 11.7 Å². The van der Waals surface area contributed by atoms with E-state index in [9.17, 15) is 4.79 Å².